The van der Waals surface area contributed by atoms with Crippen molar-refractivity contribution in [3.8, 4) is 0 Å². The molecule has 1 saturated carbocycles. The van der Waals surface area contributed by atoms with Gasteiger partial charge in [0.05, 0.1) is 0 Å². The number of nitrogens with one attached hydrogen (secondary N) is 1. The van der Waals surface area contributed by atoms with Crippen LogP contribution < -0.4 is 5.76 Å². The normalized spacial score (nSPS) is 21.7. The third-order valence-electron chi connectivity index (χ3n) is 6.45. The maximum absolute atomic E-state index is 12.2. The van der Waals surface area contributed by atoms with Crippen LogP contribution in [0.15, 0.2) is 27.5 Å². The van der Waals surface area contributed by atoms with Crippen LogP contribution >= 0.6 is 0 Å². The number of oxazole rings is 1. The zero-order chi connectivity index (χ0) is 19.6. The van der Waals surface area contributed by atoms with Crippen LogP contribution in [0.4, 0.5) is 0 Å². The molecule has 4 heterocycles. The summed E-state index contributed by atoms with van der Waals surface area (Å²) in [6.45, 7) is 3.34. The summed E-state index contributed by atoms with van der Waals surface area (Å²) in [5, 5.41) is 7.80. The number of H-pyrrole nitrogens is 1. The van der Waals surface area contributed by atoms with Crippen molar-refractivity contribution in [3.63, 3.8) is 0 Å². The summed E-state index contributed by atoms with van der Waals surface area (Å²) in [7, 11) is 0. The number of piperidine rings is 1. The standard InChI is InChI=1S/C21H28N6O2/c28-21-27(20-17(29-21)9-4-10-22-20)13-12-26-11-5-8-16(14-26)19-23-18(24-25-19)15-6-2-1-3-7-15/h4,9-10,15-16H,1-3,5-8,11-14H2,(H,23,24,25)/t16-/m1/s1. The first-order valence-electron chi connectivity index (χ1n) is 10.9. The van der Waals surface area contributed by atoms with E-state index in [0.717, 1.165) is 44.1 Å². The topological polar surface area (TPSA) is 92.8 Å². The molecule has 8 heteroatoms. The molecule has 0 amide bonds. The molecule has 2 aliphatic rings. The average molecular weight is 396 g/mol. The SMILES string of the molecule is O=c1oc2cccnc2n1CCN1CCC[C@@H](c2n[nH]c(C3CCCCC3)n2)C1. The number of pyridine rings is 1. The average Bonchev–Trinajstić information content (AvgIpc) is 3.38. The number of hydrogen-bond donors (Lipinski definition) is 1. The van der Waals surface area contributed by atoms with E-state index in [-0.39, 0.29) is 5.76 Å². The van der Waals surface area contributed by atoms with Crippen molar-refractivity contribution in [3.05, 3.63) is 40.5 Å². The number of rotatable bonds is 5. The van der Waals surface area contributed by atoms with Gasteiger partial charge in [0, 0.05) is 37.7 Å². The van der Waals surface area contributed by atoms with E-state index in [1.54, 1.807) is 22.9 Å². The van der Waals surface area contributed by atoms with E-state index in [1.165, 1.54) is 32.1 Å². The van der Waals surface area contributed by atoms with Gasteiger partial charge in [-0.2, -0.15) is 5.10 Å². The van der Waals surface area contributed by atoms with Crippen LogP contribution in [0.1, 0.15) is 68.4 Å². The minimum atomic E-state index is -0.335. The quantitative estimate of drug-likeness (QED) is 0.713. The fourth-order valence-corrected chi connectivity index (χ4v) is 4.84. The van der Waals surface area contributed by atoms with Crippen molar-refractivity contribution < 1.29 is 4.42 Å². The highest BCUT2D eigenvalue weighted by atomic mass is 16.4. The molecule has 0 aromatic carbocycles. The fourth-order valence-electron chi connectivity index (χ4n) is 4.84. The number of aromatic nitrogens is 5. The van der Waals surface area contributed by atoms with Gasteiger partial charge in [-0.05, 0) is 44.4 Å². The second-order valence-electron chi connectivity index (χ2n) is 8.40. The molecule has 5 rings (SSSR count). The molecule has 1 N–H and O–H groups in total. The summed E-state index contributed by atoms with van der Waals surface area (Å²) in [6, 6.07) is 3.56. The van der Waals surface area contributed by atoms with E-state index in [4.69, 9.17) is 9.40 Å². The summed E-state index contributed by atoms with van der Waals surface area (Å²) < 4.78 is 6.92. The summed E-state index contributed by atoms with van der Waals surface area (Å²) in [6.07, 6.45) is 10.3. The maximum Gasteiger partial charge on any atom is 0.421 e. The van der Waals surface area contributed by atoms with Crippen molar-refractivity contribution in [1.29, 1.82) is 0 Å². The Morgan fingerprint density at radius 3 is 2.86 bits per heavy atom. The molecular weight excluding hydrogens is 368 g/mol. The van der Waals surface area contributed by atoms with Gasteiger partial charge in [0.1, 0.15) is 5.82 Å². The van der Waals surface area contributed by atoms with Gasteiger partial charge in [0.15, 0.2) is 17.1 Å². The lowest BCUT2D eigenvalue weighted by Crippen LogP contribution is -2.37. The molecule has 29 heavy (non-hydrogen) atoms. The van der Waals surface area contributed by atoms with Gasteiger partial charge in [-0.25, -0.2) is 14.8 Å². The van der Waals surface area contributed by atoms with Crippen molar-refractivity contribution in [2.45, 2.75) is 63.3 Å². The van der Waals surface area contributed by atoms with Gasteiger partial charge >= 0.3 is 5.76 Å². The molecule has 154 valence electrons. The van der Waals surface area contributed by atoms with Crippen LogP contribution in [0.2, 0.25) is 0 Å². The number of likely N-dealkylation sites (tertiary alicyclic amines) is 1. The highest BCUT2D eigenvalue weighted by Gasteiger charge is 2.26. The van der Waals surface area contributed by atoms with Crippen LogP contribution in [-0.4, -0.2) is 49.3 Å². The van der Waals surface area contributed by atoms with Crippen molar-refractivity contribution >= 4 is 11.2 Å². The Balaban J connectivity index is 1.23. The van der Waals surface area contributed by atoms with Crippen molar-refractivity contribution in [1.82, 2.24) is 29.6 Å². The largest absolute Gasteiger partial charge is 0.421 e. The second-order valence-corrected chi connectivity index (χ2v) is 8.40. The lowest BCUT2D eigenvalue weighted by Gasteiger charge is -2.31. The van der Waals surface area contributed by atoms with Crippen LogP contribution in [0.5, 0.6) is 0 Å². The van der Waals surface area contributed by atoms with Crippen LogP contribution in [-0.2, 0) is 6.54 Å². The molecule has 0 bridgehead atoms. The molecule has 0 unspecified atom stereocenters. The molecule has 1 aliphatic carbocycles. The Hall–Kier alpha value is -2.48. The molecule has 2 fully saturated rings. The zero-order valence-corrected chi connectivity index (χ0v) is 16.7. The third kappa shape index (κ3) is 3.85. The molecule has 3 aromatic rings. The van der Waals surface area contributed by atoms with E-state index in [9.17, 15) is 4.79 Å². The van der Waals surface area contributed by atoms with Gasteiger partial charge in [0.2, 0.25) is 0 Å². The molecule has 0 radical (unpaired) electrons. The van der Waals surface area contributed by atoms with Gasteiger partial charge in [-0.1, -0.05) is 19.3 Å². The van der Waals surface area contributed by atoms with Crippen LogP contribution in [0, 0.1) is 0 Å². The highest BCUT2D eigenvalue weighted by Crippen LogP contribution is 2.32. The molecule has 3 aromatic heterocycles. The van der Waals surface area contributed by atoms with E-state index < -0.39 is 0 Å². The molecule has 1 aliphatic heterocycles. The number of nitrogens with zero attached hydrogens (tertiary/aromatic N) is 5. The van der Waals surface area contributed by atoms with E-state index in [2.05, 4.69) is 20.1 Å². The highest BCUT2D eigenvalue weighted by molar-refractivity contribution is 5.67. The predicted molar refractivity (Wildman–Crippen MR) is 109 cm³/mol. The van der Waals surface area contributed by atoms with Gasteiger partial charge < -0.3 is 9.32 Å². The molecule has 8 nitrogen and oxygen atoms in total. The monoisotopic (exact) mass is 396 g/mol. The predicted octanol–water partition coefficient (Wildman–Crippen LogP) is 3.03. The minimum Gasteiger partial charge on any atom is -0.406 e. The van der Waals surface area contributed by atoms with E-state index in [1.807, 2.05) is 0 Å². The molecule has 1 atom stereocenters. The molecule has 1 saturated heterocycles. The first kappa shape index (κ1) is 18.5. The summed E-state index contributed by atoms with van der Waals surface area (Å²) in [5.74, 6) is 2.62. The van der Waals surface area contributed by atoms with Crippen LogP contribution in [0.3, 0.4) is 0 Å². The Morgan fingerprint density at radius 2 is 1.97 bits per heavy atom. The maximum atomic E-state index is 12.2. The smallest absolute Gasteiger partial charge is 0.406 e. The first-order valence-corrected chi connectivity index (χ1v) is 10.9. The third-order valence-corrected chi connectivity index (χ3v) is 6.45. The van der Waals surface area contributed by atoms with Gasteiger partial charge in [-0.3, -0.25) is 9.67 Å². The summed E-state index contributed by atoms with van der Waals surface area (Å²) >= 11 is 0. The summed E-state index contributed by atoms with van der Waals surface area (Å²) in [5.41, 5.74) is 1.17. The first-order chi connectivity index (χ1) is 14.3. The fraction of sp³-hybridized carbons (Fsp3) is 0.619. The van der Waals surface area contributed by atoms with Gasteiger partial charge in [0.25, 0.3) is 0 Å². The second kappa shape index (κ2) is 8.10. The number of fused-ring (bicyclic) bond motifs is 1. The zero-order valence-electron chi connectivity index (χ0n) is 16.7. The Morgan fingerprint density at radius 1 is 1.10 bits per heavy atom. The van der Waals surface area contributed by atoms with E-state index in [0.29, 0.717) is 29.6 Å². The van der Waals surface area contributed by atoms with Gasteiger partial charge in [-0.15, -0.1) is 0 Å². The van der Waals surface area contributed by atoms with Crippen molar-refractivity contribution in [2.75, 3.05) is 19.6 Å². The van der Waals surface area contributed by atoms with E-state index >= 15 is 0 Å². The molecular formula is C21H28N6O2. The number of aromatic amines is 1. The molecule has 0 spiro atoms. The Kier molecular flexibility index (Phi) is 5.18. The minimum absolute atomic E-state index is 0.335. The van der Waals surface area contributed by atoms with Crippen molar-refractivity contribution in [2.24, 2.45) is 0 Å². The Labute approximate surface area is 169 Å². The lowest BCUT2D eigenvalue weighted by molar-refractivity contribution is 0.196. The number of hydrogen-bond acceptors (Lipinski definition) is 6. The lowest BCUT2D eigenvalue weighted by atomic mass is 9.89. The van der Waals surface area contributed by atoms with Crippen LogP contribution in [0.25, 0.3) is 11.2 Å². The summed E-state index contributed by atoms with van der Waals surface area (Å²) in [4.78, 5) is 23.8. The Bertz CT molecular complexity index is 1020.